The Balaban J connectivity index is 1.77. The molecule has 0 bridgehead atoms. The van der Waals surface area contributed by atoms with Gasteiger partial charge in [-0.05, 0) is 37.0 Å². The zero-order chi connectivity index (χ0) is 17.0. The van der Waals surface area contributed by atoms with Gasteiger partial charge in [0.1, 0.15) is 0 Å². The van der Waals surface area contributed by atoms with Crippen molar-refractivity contribution in [1.29, 1.82) is 0 Å². The number of aliphatic carboxylic acids is 1. The highest BCUT2D eigenvalue weighted by Crippen LogP contribution is 2.31. The number of nitrogens with one attached hydrogen (secondary N) is 1. The molecule has 23 heavy (non-hydrogen) atoms. The number of halogens is 3. The van der Waals surface area contributed by atoms with Gasteiger partial charge in [0.15, 0.2) is 0 Å². The molecule has 2 N–H and O–H groups in total. The molecule has 0 saturated heterocycles. The van der Waals surface area contributed by atoms with Crippen LogP contribution in [0.1, 0.15) is 30.4 Å². The molecule has 2 rings (SSSR count). The smallest absolute Gasteiger partial charge is 0.416 e. The minimum absolute atomic E-state index is 0.0705. The van der Waals surface area contributed by atoms with Crippen LogP contribution in [0, 0.1) is 11.8 Å². The predicted molar refractivity (Wildman–Crippen MR) is 72.8 cm³/mol. The summed E-state index contributed by atoms with van der Waals surface area (Å²) in [5.41, 5.74) is 1.95. The van der Waals surface area contributed by atoms with Crippen molar-refractivity contribution in [3.8, 4) is 0 Å². The van der Waals surface area contributed by atoms with E-state index < -0.39 is 35.5 Å². The summed E-state index contributed by atoms with van der Waals surface area (Å²) >= 11 is 0. The molecular weight excluding hydrogens is 315 g/mol. The Labute approximate surface area is 130 Å². The molecular formula is C15H16F3NO4. The van der Waals surface area contributed by atoms with E-state index >= 15 is 0 Å². The van der Waals surface area contributed by atoms with Crippen LogP contribution >= 0.6 is 0 Å². The second kappa shape index (κ2) is 6.99. The van der Waals surface area contributed by atoms with Crippen molar-refractivity contribution in [2.75, 3.05) is 0 Å². The van der Waals surface area contributed by atoms with Gasteiger partial charge in [-0.2, -0.15) is 13.2 Å². The third-order valence-corrected chi connectivity index (χ3v) is 3.85. The molecule has 1 amide bonds. The Morgan fingerprint density at radius 3 is 2.30 bits per heavy atom. The number of carboxylic acids is 1. The highest BCUT2D eigenvalue weighted by molar-refractivity contribution is 5.80. The molecule has 1 saturated carbocycles. The maximum Gasteiger partial charge on any atom is 0.416 e. The Morgan fingerprint density at radius 1 is 1.17 bits per heavy atom. The predicted octanol–water partition coefficient (Wildman–Crippen LogP) is 2.75. The third kappa shape index (κ3) is 4.69. The first kappa shape index (κ1) is 17.3. The summed E-state index contributed by atoms with van der Waals surface area (Å²) in [6, 6.07) is 4.42. The molecule has 1 aliphatic rings. The monoisotopic (exact) mass is 331 g/mol. The first-order valence-corrected chi connectivity index (χ1v) is 7.08. The number of carbonyl (C=O) groups excluding carboxylic acids is 1. The number of benzene rings is 1. The summed E-state index contributed by atoms with van der Waals surface area (Å²) in [4.78, 5) is 27.6. The molecule has 0 unspecified atom stereocenters. The van der Waals surface area contributed by atoms with Gasteiger partial charge in [0.2, 0.25) is 5.91 Å². The lowest BCUT2D eigenvalue weighted by atomic mass is 10.1. The van der Waals surface area contributed by atoms with Crippen LogP contribution in [0.3, 0.4) is 0 Å². The SMILES string of the molecule is O=C(O)[C@@H]1CC[C@H](C(=O)NOCc2ccc(C(F)(F)F)cc2)C1. The molecule has 126 valence electrons. The van der Waals surface area contributed by atoms with Crippen LogP contribution in [0.5, 0.6) is 0 Å². The van der Waals surface area contributed by atoms with Gasteiger partial charge in [-0.1, -0.05) is 12.1 Å². The van der Waals surface area contributed by atoms with Gasteiger partial charge in [-0.3, -0.25) is 14.4 Å². The first-order valence-electron chi connectivity index (χ1n) is 7.08. The Morgan fingerprint density at radius 2 is 1.78 bits per heavy atom. The van der Waals surface area contributed by atoms with E-state index in [0.29, 0.717) is 18.4 Å². The maximum atomic E-state index is 12.4. The summed E-state index contributed by atoms with van der Waals surface area (Å²) in [5, 5.41) is 8.87. The molecule has 0 aromatic heterocycles. The van der Waals surface area contributed by atoms with Crippen LogP contribution in [0.25, 0.3) is 0 Å². The lowest BCUT2D eigenvalue weighted by molar-refractivity contribution is -0.142. The number of alkyl halides is 3. The molecule has 0 radical (unpaired) electrons. The standard InChI is InChI=1S/C15H16F3NO4/c16-15(17,18)12-5-1-9(2-6-12)8-23-19-13(20)10-3-4-11(7-10)14(21)22/h1-2,5-6,10-11H,3-4,7-8H2,(H,19,20)(H,21,22)/t10-,11+/m0/s1. The normalized spacial score (nSPS) is 21.2. The number of amides is 1. The van der Waals surface area contributed by atoms with E-state index in [1.54, 1.807) is 0 Å². The van der Waals surface area contributed by atoms with Crippen LogP contribution in [0.2, 0.25) is 0 Å². The van der Waals surface area contributed by atoms with Gasteiger partial charge in [-0.25, -0.2) is 5.48 Å². The summed E-state index contributed by atoms with van der Waals surface area (Å²) < 4.78 is 37.2. The highest BCUT2D eigenvalue weighted by Gasteiger charge is 2.34. The van der Waals surface area contributed by atoms with E-state index in [2.05, 4.69) is 5.48 Å². The van der Waals surface area contributed by atoms with Crippen LogP contribution in [0.15, 0.2) is 24.3 Å². The lowest BCUT2D eigenvalue weighted by Gasteiger charge is -2.11. The minimum Gasteiger partial charge on any atom is -0.481 e. The van der Waals surface area contributed by atoms with Crippen molar-refractivity contribution >= 4 is 11.9 Å². The molecule has 1 aromatic carbocycles. The van der Waals surface area contributed by atoms with Crippen molar-refractivity contribution < 1.29 is 32.7 Å². The fourth-order valence-electron chi connectivity index (χ4n) is 2.51. The fraction of sp³-hybridized carbons (Fsp3) is 0.467. The van der Waals surface area contributed by atoms with Crippen molar-refractivity contribution in [3.63, 3.8) is 0 Å². The molecule has 0 aliphatic heterocycles. The van der Waals surface area contributed by atoms with Crippen molar-refractivity contribution in [1.82, 2.24) is 5.48 Å². The zero-order valence-corrected chi connectivity index (χ0v) is 12.1. The number of hydroxylamine groups is 1. The van der Waals surface area contributed by atoms with Crippen molar-refractivity contribution in [3.05, 3.63) is 35.4 Å². The number of hydrogen-bond donors (Lipinski definition) is 2. The Hall–Kier alpha value is -2.09. The molecule has 1 aliphatic carbocycles. The van der Waals surface area contributed by atoms with E-state index in [-0.39, 0.29) is 13.0 Å². The highest BCUT2D eigenvalue weighted by atomic mass is 19.4. The van der Waals surface area contributed by atoms with Crippen molar-refractivity contribution in [2.24, 2.45) is 11.8 Å². The average molecular weight is 331 g/mol. The van der Waals surface area contributed by atoms with E-state index in [4.69, 9.17) is 9.94 Å². The number of carboxylic acid groups (broad SMARTS) is 1. The number of rotatable bonds is 5. The van der Waals surface area contributed by atoms with Gasteiger partial charge in [0.25, 0.3) is 0 Å². The zero-order valence-electron chi connectivity index (χ0n) is 12.1. The second-order valence-corrected chi connectivity index (χ2v) is 5.49. The van der Waals surface area contributed by atoms with Crippen LogP contribution < -0.4 is 5.48 Å². The molecule has 2 atom stereocenters. The molecule has 1 fully saturated rings. The van der Waals surface area contributed by atoms with Crippen LogP contribution in [-0.4, -0.2) is 17.0 Å². The fourth-order valence-corrected chi connectivity index (χ4v) is 2.51. The first-order chi connectivity index (χ1) is 10.8. The van der Waals surface area contributed by atoms with Gasteiger partial charge >= 0.3 is 12.1 Å². The summed E-state index contributed by atoms with van der Waals surface area (Å²) in [6.07, 6.45) is -3.19. The van der Waals surface area contributed by atoms with E-state index in [1.807, 2.05) is 0 Å². The van der Waals surface area contributed by atoms with Gasteiger partial charge < -0.3 is 5.11 Å². The van der Waals surface area contributed by atoms with E-state index in [9.17, 15) is 22.8 Å². The molecule has 0 spiro atoms. The molecule has 0 heterocycles. The van der Waals surface area contributed by atoms with E-state index in [0.717, 1.165) is 12.1 Å². The topological polar surface area (TPSA) is 75.6 Å². The summed E-state index contributed by atoms with van der Waals surface area (Å²) in [7, 11) is 0. The summed E-state index contributed by atoms with van der Waals surface area (Å²) in [6.45, 7) is -0.0705. The molecule has 5 nitrogen and oxygen atoms in total. The number of hydrogen-bond acceptors (Lipinski definition) is 3. The van der Waals surface area contributed by atoms with Crippen molar-refractivity contribution in [2.45, 2.75) is 32.0 Å². The van der Waals surface area contributed by atoms with E-state index in [1.165, 1.54) is 12.1 Å². The molecule has 1 aromatic rings. The van der Waals surface area contributed by atoms with Crippen LogP contribution in [0.4, 0.5) is 13.2 Å². The van der Waals surface area contributed by atoms with Crippen LogP contribution in [-0.2, 0) is 27.2 Å². The quantitative estimate of drug-likeness (QED) is 0.814. The lowest BCUT2D eigenvalue weighted by Crippen LogP contribution is -2.29. The second-order valence-electron chi connectivity index (χ2n) is 5.49. The molecule has 8 heteroatoms. The Kier molecular flexibility index (Phi) is 5.25. The largest absolute Gasteiger partial charge is 0.481 e. The van der Waals surface area contributed by atoms with Gasteiger partial charge in [-0.15, -0.1) is 0 Å². The average Bonchev–Trinajstić information content (AvgIpc) is 2.97. The Bertz CT molecular complexity index is 571. The number of carbonyl (C=O) groups is 2. The minimum atomic E-state index is -4.39. The maximum absolute atomic E-state index is 12.4. The van der Waals surface area contributed by atoms with Gasteiger partial charge in [0, 0.05) is 5.92 Å². The summed E-state index contributed by atoms with van der Waals surface area (Å²) in [5.74, 6) is -2.24. The third-order valence-electron chi connectivity index (χ3n) is 3.85. The van der Waals surface area contributed by atoms with Gasteiger partial charge in [0.05, 0.1) is 18.1 Å².